The van der Waals surface area contributed by atoms with Gasteiger partial charge in [0.2, 0.25) is 0 Å². The van der Waals surface area contributed by atoms with Crippen molar-refractivity contribution in [2.75, 3.05) is 0 Å². The minimum Gasteiger partial charge on any atom is -0.388 e. The van der Waals surface area contributed by atoms with Gasteiger partial charge in [-0.1, -0.05) is 81.9 Å². The maximum absolute atomic E-state index is 10.3. The third-order valence-electron chi connectivity index (χ3n) is 3.74. The molecule has 0 aliphatic heterocycles. The molecule has 0 saturated carbocycles. The number of hydrogen-bond acceptors (Lipinski definition) is 1. The van der Waals surface area contributed by atoms with E-state index in [1.165, 1.54) is 38.5 Å². The molecular weight excluding hydrogens is 232 g/mol. The topological polar surface area (TPSA) is 20.2 Å². The average molecular weight is 260 g/mol. The first-order valence-electron chi connectivity index (χ1n) is 7.65. The number of benzene rings is 1. The van der Waals surface area contributed by atoms with Crippen LogP contribution in [0.25, 0.3) is 0 Å². The van der Waals surface area contributed by atoms with Gasteiger partial charge in [0.05, 0.1) is 6.10 Å². The predicted molar refractivity (Wildman–Crippen MR) is 83.1 cm³/mol. The molecular formula is C18H28O. The van der Waals surface area contributed by atoms with Crippen LogP contribution >= 0.6 is 0 Å². The average Bonchev–Trinajstić information content (AvgIpc) is 2.47. The SMILES string of the molecule is C=C[C@@H](CCCCCCCC)[C@H](O)c1ccccc1. The lowest BCUT2D eigenvalue weighted by atomic mass is 9.91. The summed E-state index contributed by atoms with van der Waals surface area (Å²) in [5.74, 6) is 0.175. The van der Waals surface area contributed by atoms with Gasteiger partial charge in [0.1, 0.15) is 0 Å². The van der Waals surface area contributed by atoms with Crippen LogP contribution < -0.4 is 0 Å². The molecule has 0 aliphatic carbocycles. The lowest BCUT2D eigenvalue weighted by Crippen LogP contribution is -2.10. The van der Waals surface area contributed by atoms with Gasteiger partial charge in [-0.2, -0.15) is 0 Å². The normalized spacial score (nSPS) is 14.0. The van der Waals surface area contributed by atoms with Crippen molar-refractivity contribution in [3.05, 3.63) is 48.6 Å². The predicted octanol–water partition coefficient (Wildman–Crippen LogP) is 5.27. The molecule has 1 nitrogen and oxygen atoms in total. The molecule has 2 atom stereocenters. The van der Waals surface area contributed by atoms with Gasteiger partial charge < -0.3 is 5.11 Å². The second-order valence-electron chi connectivity index (χ2n) is 5.31. The molecule has 0 spiro atoms. The van der Waals surface area contributed by atoms with Crippen molar-refractivity contribution < 1.29 is 5.11 Å². The Kier molecular flexibility index (Phi) is 8.24. The summed E-state index contributed by atoms with van der Waals surface area (Å²) in [5, 5.41) is 10.3. The lowest BCUT2D eigenvalue weighted by molar-refractivity contribution is 0.125. The highest BCUT2D eigenvalue weighted by molar-refractivity contribution is 5.19. The monoisotopic (exact) mass is 260 g/mol. The van der Waals surface area contributed by atoms with Gasteiger partial charge in [-0.15, -0.1) is 6.58 Å². The van der Waals surface area contributed by atoms with Crippen LogP contribution in [-0.4, -0.2) is 5.11 Å². The third kappa shape index (κ3) is 6.07. The first kappa shape index (κ1) is 16.0. The second-order valence-corrected chi connectivity index (χ2v) is 5.31. The Balaban J connectivity index is 2.31. The van der Waals surface area contributed by atoms with Crippen molar-refractivity contribution in [2.24, 2.45) is 5.92 Å². The van der Waals surface area contributed by atoms with Crippen molar-refractivity contribution in [1.82, 2.24) is 0 Å². The van der Waals surface area contributed by atoms with E-state index >= 15 is 0 Å². The highest BCUT2D eigenvalue weighted by atomic mass is 16.3. The van der Waals surface area contributed by atoms with Crippen LogP contribution in [0.3, 0.4) is 0 Å². The molecule has 1 N–H and O–H groups in total. The standard InChI is InChI=1S/C18H28O/c1-3-5-6-7-8-10-13-16(4-2)18(19)17-14-11-9-12-15-17/h4,9,11-12,14-16,18-19H,2-3,5-8,10,13H2,1H3/t16-,18-/m0/s1. The largest absolute Gasteiger partial charge is 0.388 e. The first-order chi connectivity index (χ1) is 9.29. The van der Waals surface area contributed by atoms with E-state index in [0.29, 0.717) is 0 Å². The van der Waals surface area contributed by atoms with Crippen LogP contribution in [0.2, 0.25) is 0 Å². The Bertz CT molecular complexity index is 331. The molecule has 1 heteroatoms. The van der Waals surface area contributed by atoms with E-state index in [9.17, 15) is 5.11 Å². The van der Waals surface area contributed by atoms with E-state index in [-0.39, 0.29) is 5.92 Å². The second kappa shape index (κ2) is 9.80. The molecule has 0 unspecified atom stereocenters. The maximum atomic E-state index is 10.3. The summed E-state index contributed by atoms with van der Waals surface area (Å²) < 4.78 is 0. The Morgan fingerprint density at radius 1 is 1.05 bits per heavy atom. The zero-order valence-electron chi connectivity index (χ0n) is 12.2. The van der Waals surface area contributed by atoms with Gasteiger partial charge in [-0.05, 0) is 12.0 Å². The summed E-state index contributed by atoms with van der Waals surface area (Å²) in [6.07, 6.45) is 10.3. The van der Waals surface area contributed by atoms with E-state index in [2.05, 4.69) is 13.5 Å². The van der Waals surface area contributed by atoms with Crippen LogP contribution in [0.4, 0.5) is 0 Å². The Hall–Kier alpha value is -1.08. The van der Waals surface area contributed by atoms with Crippen LogP contribution in [0.5, 0.6) is 0 Å². The van der Waals surface area contributed by atoms with E-state index in [0.717, 1.165) is 12.0 Å². The fourth-order valence-electron chi connectivity index (χ4n) is 2.46. The van der Waals surface area contributed by atoms with Gasteiger partial charge in [0.25, 0.3) is 0 Å². The number of hydrogen-bond donors (Lipinski definition) is 1. The Morgan fingerprint density at radius 3 is 2.32 bits per heavy atom. The van der Waals surface area contributed by atoms with E-state index in [1.54, 1.807) is 0 Å². The third-order valence-corrected chi connectivity index (χ3v) is 3.74. The lowest BCUT2D eigenvalue weighted by Gasteiger charge is -2.20. The minimum atomic E-state index is -0.408. The molecule has 0 radical (unpaired) electrons. The zero-order chi connectivity index (χ0) is 13.9. The molecule has 0 amide bonds. The molecule has 0 fully saturated rings. The Morgan fingerprint density at radius 2 is 1.68 bits per heavy atom. The summed E-state index contributed by atoms with van der Waals surface area (Å²) in [5.41, 5.74) is 0.999. The molecule has 0 bridgehead atoms. The van der Waals surface area contributed by atoms with Gasteiger partial charge in [-0.3, -0.25) is 0 Å². The van der Waals surface area contributed by atoms with Crippen LogP contribution in [-0.2, 0) is 0 Å². The van der Waals surface area contributed by atoms with Crippen molar-refractivity contribution in [2.45, 2.75) is 58.0 Å². The molecule has 106 valence electrons. The van der Waals surface area contributed by atoms with Crippen molar-refractivity contribution >= 4 is 0 Å². The maximum Gasteiger partial charge on any atom is 0.0852 e. The van der Waals surface area contributed by atoms with Crippen LogP contribution in [0, 0.1) is 5.92 Å². The zero-order valence-corrected chi connectivity index (χ0v) is 12.2. The van der Waals surface area contributed by atoms with Crippen molar-refractivity contribution in [1.29, 1.82) is 0 Å². The number of aliphatic hydroxyl groups excluding tert-OH is 1. The van der Waals surface area contributed by atoms with E-state index in [4.69, 9.17) is 0 Å². The van der Waals surface area contributed by atoms with Crippen molar-refractivity contribution in [3.63, 3.8) is 0 Å². The number of unbranched alkanes of at least 4 members (excludes halogenated alkanes) is 5. The van der Waals surface area contributed by atoms with Gasteiger partial charge in [0, 0.05) is 5.92 Å². The van der Waals surface area contributed by atoms with Crippen molar-refractivity contribution in [3.8, 4) is 0 Å². The summed E-state index contributed by atoms with van der Waals surface area (Å²) in [7, 11) is 0. The smallest absolute Gasteiger partial charge is 0.0852 e. The van der Waals surface area contributed by atoms with E-state index in [1.807, 2.05) is 36.4 Å². The number of aliphatic hydroxyl groups is 1. The summed E-state index contributed by atoms with van der Waals surface area (Å²) >= 11 is 0. The highest BCUT2D eigenvalue weighted by Gasteiger charge is 2.16. The van der Waals surface area contributed by atoms with Gasteiger partial charge in [0.15, 0.2) is 0 Å². The van der Waals surface area contributed by atoms with Crippen LogP contribution in [0.15, 0.2) is 43.0 Å². The van der Waals surface area contributed by atoms with Crippen LogP contribution in [0.1, 0.15) is 63.5 Å². The molecule has 0 saturated heterocycles. The molecule has 0 aromatic heterocycles. The summed E-state index contributed by atoms with van der Waals surface area (Å²) in [4.78, 5) is 0. The molecule has 0 heterocycles. The fraction of sp³-hybridized carbons (Fsp3) is 0.556. The quantitative estimate of drug-likeness (QED) is 0.448. The summed E-state index contributed by atoms with van der Waals surface area (Å²) in [6, 6.07) is 9.91. The molecule has 19 heavy (non-hydrogen) atoms. The van der Waals surface area contributed by atoms with Gasteiger partial charge in [-0.25, -0.2) is 0 Å². The molecule has 1 aromatic carbocycles. The first-order valence-corrected chi connectivity index (χ1v) is 7.65. The van der Waals surface area contributed by atoms with Gasteiger partial charge >= 0.3 is 0 Å². The molecule has 0 aliphatic rings. The molecule has 1 rings (SSSR count). The number of rotatable bonds is 10. The fourth-order valence-corrected chi connectivity index (χ4v) is 2.46. The van der Waals surface area contributed by atoms with E-state index < -0.39 is 6.10 Å². The highest BCUT2D eigenvalue weighted by Crippen LogP contribution is 2.27. The molecule has 1 aromatic rings. The summed E-state index contributed by atoms with van der Waals surface area (Å²) in [6.45, 7) is 6.12. The minimum absolute atomic E-state index is 0.175. The Labute approximate surface area is 118 Å².